The van der Waals surface area contributed by atoms with Gasteiger partial charge in [0.15, 0.2) is 0 Å². The highest BCUT2D eigenvalue weighted by Gasteiger charge is 2.25. The summed E-state index contributed by atoms with van der Waals surface area (Å²) >= 11 is 3.33. The molecule has 4 N–H and O–H groups in total. The first-order valence-corrected chi connectivity index (χ1v) is 6.85. The fraction of sp³-hybridized carbons (Fsp3) is 0.385. The standard InChI is InChI=1S/C13H18BrN3O2/c1-3-8(2)11(17-13(15)19)12(18)16-10-6-4-5-9(14)7-10/h4-8,11H,3H2,1-2H3,(H,16,18)(H3,15,17,19)/t8-,11-/m0/s1. The Balaban J connectivity index is 2.79. The van der Waals surface area contributed by atoms with E-state index in [0.717, 1.165) is 10.9 Å². The Morgan fingerprint density at radius 2 is 2.11 bits per heavy atom. The van der Waals surface area contributed by atoms with Gasteiger partial charge in [-0.25, -0.2) is 4.79 Å². The largest absolute Gasteiger partial charge is 0.352 e. The Bertz CT molecular complexity index is 465. The average molecular weight is 328 g/mol. The van der Waals surface area contributed by atoms with Gasteiger partial charge in [-0.05, 0) is 24.1 Å². The number of halogens is 1. The summed E-state index contributed by atoms with van der Waals surface area (Å²) in [6.45, 7) is 3.84. The molecule has 3 amide bonds. The van der Waals surface area contributed by atoms with Gasteiger partial charge in [0.25, 0.3) is 0 Å². The molecule has 104 valence electrons. The van der Waals surface area contributed by atoms with E-state index in [1.54, 1.807) is 12.1 Å². The molecular formula is C13H18BrN3O2. The van der Waals surface area contributed by atoms with E-state index in [9.17, 15) is 9.59 Å². The molecule has 0 saturated heterocycles. The Kier molecular flexibility index (Phi) is 5.82. The van der Waals surface area contributed by atoms with Gasteiger partial charge in [0.1, 0.15) is 6.04 Å². The fourth-order valence-corrected chi connectivity index (χ4v) is 2.04. The van der Waals surface area contributed by atoms with Crippen molar-refractivity contribution in [3.63, 3.8) is 0 Å². The minimum absolute atomic E-state index is 0.000321. The normalized spacial score (nSPS) is 13.4. The van der Waals surface area contributed by atoms with Gasteiger partial charge in [0, 0.05) is 10.2 Å². The number of hydrogen-bond acceptors (Lipinski definition) is 2. The van der Waals surface area contributed by atoms with Crippen molar-refractivity contribution in [2.45, 2.75) is 26.3 Å². The van der Waals surface area contributed by atoms with E-state index in [2.05, 4.69) is 26.6 Å². The molecule has 0 spiro atoms. The molecule has 19 heavy (non-hydrogen) atoms. The maximum Gasteiger partial charge on any atom is 0.312 e. The summed E-state index contributed by atoms with van der Waals surface area (Å²) in [7, 11) is 0. The molecule has 1 aromatic carbocycles. The topological polar surface area (TPSA) is 84.2 Å². The van der Waals surface area contributed by atoms with Crippen molar-refractivity contribution in [2.24, 2.45) is 11.7 Å². The lowest BCUT2D eigenvalue weighted by Crippen LogP contribution is -2.49. The van der Waals surface area contributed by atoms with E-state index in [1.807, 2.05) is 26.0 Å². The Morgan fingerprint density at radius 1 is 1.42 bits per heavy atom. The molecule has 5 nitrogen and oxygen atoms in total. The zero-order valence-electron chi connectivity index (χ0n) is 10.9. The predicted molar refractivity (Wildman–Crippen MR) is 78.7 cm³/mol. The zero-order valence-corrected chi connectivity index (χ0v) is 12.5. The van der Waals surface area contributed by atoms with Crippen molar-refractivity contribution in [1.29, 1.82) is 0 Å². The van der Waals surface area contributed by atoms with Crippen LogP contribution in [0.5, 0.6) is 0 Å². The van der Waals surface area contributed by atoms with Crippen LogP contribution in [-0.4, -0.2) is 18.0 Å². The monoisotopic (exact) mass is 327 g/mol. The summed E-state index contributed by atoms with van der Waals surface area (Å²) in [6.07, 6.45) is 0.761. The number of benzene rings is 1. The molecule has 0 aromatic heterocycles. The first-order valence-electron chi connectivity index (χ1n) is 6.06. The average Bonchev–Trinajstić information content (AvgIpc) is 2.34. The number of urea groups is 1. The minimum Gasteiger partial charge on any atom is -0.352 e. The highest BCUT2D eigenvalue weighted by Crippen LogP contribution is 2.17. The molecule has 0 radical (unpaired) electrons. The number of rotatable bonds is 5. The van der Waals surface area contributed by atoms with Crippen molar-refractivity contribution in [3.05, 3.63) is 28.7 Å². The molecule has 1 rings (SSSR count). The van der Waals surface area contributed by atoms with Crippen LogP contribution >= 0.6 is 15.9 Å². The second-order valence-electron chi connectivity index (χ2n) is 4.37. The first kappa shape index (κ1) is 15.5. The predicted octanol–water partition coefficient (Wildman–Crippen LogP) is 2.47. The number of amides is 3. The van der Waals surface area contributed by atoms with Crippen LogP contribution in [-0.2, 0) is 4.79 Å². The van der Waals surface area contributed by atoms with Crippen LogP contribution < -0.4 is 16.4 Å². The van der Waals surface area contributed by atoms with Crippen molar-refractivity contribution in [2.75, 3.05) is 5.32 Å². The SMILES string of the molecule is CC[C@H](C)[C@H](NC(N)=O)C(=O)Nc1cccc(Br)c1. The van der Waals surface area contributed by atoms with Crippen LogP contribution in [0.2, 0.25) is 0 Å². The van der Waals surface area contributed by atoms with Crippen LogP contribution in [0, 0.1) is 5.92 Å². The van der Waals surface area contributed by atoms with Crippen molar-refractivity contribution in [1.82, 2.24) is 5.32 Å². The summed E-state index contributed by atoms with van der Waals surface area (Å²) < 4.78 is 0.869. The number of primary amides is 1. The third-order valence-corrected chi connectivity index (χ3v) is 3.38. The van der Waals surface area contributed by atoms with E-state index in [4.69, 9.17) is 5.73 Å². The third kappa shape index (κ3) is 4.90. The summed E-state index contributed by atoms with van der Waals surface area (Å²) in [5, 5.41) is 5.24. The van der Waals surface area contributed by atoms with E-state index >= 15 is 0 Å². The summed E-state index contributed by atoms with van der Waals surface area (Å²) in [5.74, 6) is -0.272. The van der Waals surface area contributed by atoms with Crippen LogP contribution in [0.4, 0.5) is 10.5 Å². The second kappa shape index (κ2) is 7.13. The summed E-state index contributed by atoms with van der Waals surface area (Å²) in [5.41, 5.74) is 5.77. The number of anilines is 1. The number of nitrogens with two attached hydrogens (primary N) is 1. The number of nitrogens with one attached hydrogen (secondary N) is 2. The van der Waals surface area contributed by atoms with E-state index in [0.29, 0.717) is 5.69 Å². The molecular weight excluding hydrogens is 310 g/mol. The van der Waals surface area contributed by atoms with E-state index < -0.39 is 12.1 Å². The molecule has 0 aliphatic rings. The first-order chi connectivity index (χ1) is 8.93. The van der Waals surface area contributed by atoms with Crippen LogP contribution in [0.3, 0.4) is 0 Å². The highest BCUT2D eigenvalue weighted by atomic mass is 79.9. The third-order valence-electron chi connectivity index (χ3n) is 2.89. The fourth-order valence-electron chi connectivity index (χ4n) is 1.64. The maximum atomic E-state index is 12.2. The van der Waals surface area contributed by atoms with Gasteiger partial charge in [-0.3, -0.25) is 4.79 Å². The lowest BCUT2D eigenvalue weighted by Gasteiger charge is -2.22. The molecule has 2 atom stereocenters. The Morgan fingerprint density at radius 3 is 2.63 bits per heavy atom. The zero-order chi connectivity index (χ0) is 14.4. The molecule has 0 heterocycles. The van der Waals surface area contributed by atoms with Gasteiger partial charge in [-0.1, -0.05) is 42.3 Å². The molecule has 0 fully saturated rings. The molecule has 0 bridgehead atoms. The molecule has 0 saturated carbocycles. The van der Waals surface area contributed by atoms with E-state index in [-0.39, 0.29) is 11.8 Å². The second-order valence-corrected chi connectivity index (χ2v) is 5.29. The lowest BCUT2D eigenvalue weighted by molar-refractivity contribution is -0.119. The van der Waals surface area contributed by atoms with Gasteiger partial charge in [0.2, 0.25) is 5.91 Å². The van der Waals surface area contributed by atoms with Crippen LogP contribution in [0.25, 0.3) is 0 Å². The smallest absolute Gasteiger partial charge is 0.312 e. The Labute approximate surface area is 121 Å². The molecule has 1 aromatic rings. The highest BCUT2D eigenvalue weighted by molar-refractivity contribution is 9.10. The van der Waals surface area contributed by atoms with Gasteiger partial charge in [-0.2, -0.15) is 0 Å². The van der Waals surface area contributed by atoms with Crippen molar-refractivity contribution in [3.8, 4) is 0 Å². The van der Waals surface area contributed by atoms with Gasteiger partial charge >= 0.3 is 6.03 Å². The Hall–Kier alpha value is -1.56. The van der Waals surface area contributed by atoms with Crippen molar-refractivity contribution < 1.29 is 9.59 Å². The summed E-state index contributed by atoms with van der Waals surface area (Å²) in [4.78, 5) is 23.1. The van der Waals surface area contributed by atoms with Gasteiger partial charge < -0.3 is 16.4 Å². The molecule has 6 heteroatoms. The van der Waals surface area contributed by atoms with Crippen molar-refractivity contribution >= 4 is 33.6 Å². The maximum absolute atomic E-state index is 12.2. The van der Waals surface area contributed by atoms with Crippen LogP contribution in [0.15, 0.2) is 28.7 Å². The number of hydrogen-bond donors (Lipinski definition) is 3. The molecule has 0 aliphatic carbocycles. The summed E-state index contributed by atoms with van der Waals surface area (Å²) in [6, 6.07) is 5.91. The van der Waals surface area contributed by atoms with Gasteiger partial charge in [0.05, 0.1) is 0 Å². The van der Waals surface area contributed by atoms with Gasteiger partial charge in [-0.15, -0.1) is 0 Å². The molecule has 0 unspecified atom stereocenters. The van der Waals surface area contributed by atoms with Crippen LogP contribution in [0.1, 0.15) is 20.3 Å². The minimum atomic E-state index is -0.699. The number of carbonyl (C=O) groups excluding carboxylic acids is 2. The lowest BCUT2D eigenvalue weighted by atomic mass is 9.98. The van der Waals surface area contributed by atoms with E-state index in [1.165, 1.54) is 0 Å². The quantitative estimate of drug-likeness (QED) is 0.776. The number of carbonyl (C=O) groups is 2. The molecule has 0 aliphatic heterocycles.